The average Bonchev–Trinajstić information content (AvgIpc) is 3.66. The fourth-order valence-electron chi connectivity index (χ4n) is 4.02. The van der Waals surface area contributed by atoms with Gasteiger partial charge in [0.15, 0.2) is 12.4 Å². The number of thiophene rings is 1. The number of aromatic nitrogens is 6. The third kappa shape index (κ3) is 3.51. The van der Waals surface area contributed by atoms with Crippen LogP contribution in [-0.2, 0) is 18.4 Å². The minimum atomic E-state index is -0.526. The first-order chi connectivity index (χ1) is 17.1. The first-order valence-electron chi connectivity index (χ1n) is 10.8. The molecule has 4 heterocycles. The lowest BCUT2D eigenvalue weighted by atomic mass is 10.2. The normalized spacial score (nSPS) is 11.3. The number of fused-ring (bicyclic) bond motifs is 3. The summed E-state index contributed by atoms with van der Waals surface area (Å²) in [6.07, 6.45) is 1.67. The van der Waals surface area contributed by atoms with Crippen molar-refractivity contribution in [1.29, 1.82) is 0 Å². The lowest BCUT2D eigenvalue weighted by molar-refractivity contribution is 0.0462. The van der Waals surface area contributed by atoms with Crippen LogP contribution in [0, 0.1) is 0 Å². The van der Waals surface area contributed by atoms with Crippen LogP contribution in [0.2, 0.25) is 0 Å². The zero-order chi connectivity index (χ0) is 23.9. The predicted octanol–water partition coefficient (Wildman–Crippen LogP) is 3.85. The van der Waals surface area contributed by atoms with Gasteiger partial charge in [0, 0.05) is 13.2 Å². The first kappa shape index (κ1) is 21.0. The van der Waals surface area contributed by atoms with E-state index in [9.17, 15) is 9.59 Å². The Labute approximate surface area is 202 Å². The van der Waals surface area contributed by atoms with Crippen molar-refractivity contribution in [2.45, 2.75) is 6.61 Å². The molecule has 172 valence electrons. The van der Waals surface area contributed by atoms with Crippen molar-refractivity contribution in [2.24, 2.45) is 7.05 Å². The van der Waals surface area contributed by atoms with Crippen molar-refractivity contribution >= 4 is 34.0 Å². The molecule has 0 amide bonds. The summed E-state index contributed by atoms with van der Waals surface area (Å²) in [4.78, 5) is 26.8. The number of hydrogen-bond donors (Lipinski definition) is 0. The summed E-state index contributed by atoms with van der Waals surface area (Å²) >= 11 is 1.50. The van der Waals surface area contributed by atoms with Crippen molar-refractivity contribution in [3.05, 3.63) is 100 Å². The SMILES string of the molecule is Cn1c(=O)c2ccccc2n2c(COC(=O)c3cn(-c4ccccc4)nc3-c3cccs3)nnc12. The highest BCUT2D eigenvalue weighted by molar-refractivity contribution is 7.13. The molecule has 0 atom stereocenters. The molecule has 0 unspecified atom stereocenters. The zero-order valence-electron chi connectivity index (χ0n) is 18.5. The maximum atomic E-state index is 13.2. The molecule has 10 heteroatoms. The van der Waals surface area contributed by atoms with Gasteiger partial charge in [0.1, 0.15) is 11.3 Å². The lowest BCUT2D eigenvalue weighted by Gasteiger charge is -2.08. The molecule has 0 bridgehead atoms. The molecule has 0 aliphatic heterocycles. The van der Waals surface area contributed by atoms with Crippen molar-refractivity contribution in [3.8, 4) is 16.3 Å². The lowest BCUT2D eigenvalue weighted by Crippen LogP contribution is -2.20. The van der Waals surface area contributed by atoms with Crippen LogP contribution in [0.1, 0.15) is 16.2 Å². The van der Waals surface area contributed by atoms with E-state index >= 15 is 0 Å². The van der Waals surface area contributed by atoms with Crippen LogP contribution >= 0.6 is 11.3 Å². The number of para-hydroxylation sites is 2. The molecule has 0 saturated heterocycles. The van der Waals surface area contributed by atoms with Crippen molar-refractivity contribution in [2.75, 3.05) is 0 Å². The number of esters is 1. The number of carbonyl (C=O) groups is 1. The summed E-state index contributed by atoms with van der Waals surface area (Å²) in [5.41, 5.74) is 2.21. The molecule has 2 aromatic carbocycles. The van der Waals surface area contributed by atoms with Crippen LogP contribution in [0.25, 0.3) is 32.9 Å². The van der Waals surface area contributed by atoms with Gasteiger partial charge in [-0.15, -0.1) is 21.5 Å². The number of nitrogens with zero attached hydrogens (tertiary/aromatic N) is 6. The Kier molecular flexibility index (Phi) is 5.00. The molecule has 6 rings (SSSR count). The van der Waals surface area contributed by atoms with Gasteiger partial charge in [-0.25, -0.2) is 9.48 Å². The second-order valence-corrected chi connectivity index (χ2v) is 8.81. The molecule has 6 aromatic rings. The fraction of sp³-hybridized carbons (Fsp3) is 0.0800. The second-order valence-electron chi connectivity index (χ2n) is 7.86. The van der Waals surface area contributed by atoms with E-state index in [4.69, 9.17) is 4.74 Å². The number of ether oxygens (including phenoxy) is 1. The molecule has 4 aromatic heterocycles. The van der Waals surface area contributed by atoms with Crippen LogP contribution < -0.4 is 5.56 Å². The molecule has 0 saturated carbocycles. The molecule has 0 radical (unpaired) electrons. The van der Waals surface area contributed by atoms with E-state index in [0.29, 0.717) is 33.8 Å². The highest BCUT2D eigenvalue weighted by Gasteiger charge is 2.22. The monoisotopic (exact) mass is 482 g/mol. The van der Waals surface area contributed by atoms with Gasteiger partial charge in [-0.3, -0.25) is 13.8 Å². The standard InChI is InChI=1S/C25H18N6O3S/c1-29-23(32)17-10-5-6-11-19(17)31-21(26-27-25(29)31)15-34-24(33)18-14-30(16-8-3-2-4-9-16)28-22(18)20-12-7-13-35-20/h2-14H,15H2,1H3. The number of hydrogen-bond acceptors (Lipinski definition) is 7. The Morgan fingerprint density at radius 3 is 2.60 bits per heavy atom. The Bertz CT molecular complexity index is 1750. The average molecular weight is 483 g/mol. The van der Waals surface area contributed by atoms with Gasteiger partial charge in [0.2, 0.25) is 5.78 Å². The molecular weight excluding hydrogens is 464 g/mol. The smallest absolute Gasteiger partial charge is 0.342 e. The minimum Gasteiger partial charge on any atom is -0.454 e. The van der Waals surface area contributed by atoms with E-state index in [1.54, 1.807) is 34.5 Å². The zero-order valence-corrected chi connectivity index (χ0v) is 19.3. The van der Waals surface area contributed by atoms with Crippen molar-refractivity contribution in [3.63, 3.8) is 0 Å². The van der Waals surface area contributed by atoms with Crippen LogP contribution in [0.3, 0.4) is 0 Å². The van der Waals surface area contributed by atoms with Gasteiger partial charge in [-0.05, 0) is 35.7 Å². The molecule has 35 heavy (non-hydrogen) atoms. The van der Waals surface area contributed by atoms with E-state index < -0.39 is 5.97 Å². The molecule has 0 N–H and O–H groups in total. The third-order valence-corrected chi connectivity index (χ3v) is 6.61. The Balaban J connectivity index is 1.37. The summed E-state index contributed by atoms with van der Waals surface area (Å²) in [5, 5.41) is 15.5. The van der Waals surface area contributed by atoms with Gasteiger partial charge in [0.05, 0.1) is 21.5 Å². The summed E-state index contributed by atoms with van der Waals surface area (Å²) in [7, 11) is 1.64. The maximum Gasteiger partial charge on any atom is 0.342 e. The summed E-state index contributed by atoms with van der Waals surface area (Å²) < 4.78 is 10.5. The molecule has 9 nitrogen and oxygen atoms in total. The Morgan fingerprint density at radius 1 is 1.00 bits per heavy atom. The fourth-order valence-corrected chi connectivity index (χ4v) is 4.75. The minimum absolute atomic E-state index is 0.122. The second kappa shape index (κ2) is 8.33. The van der Waals surface area contributed by atoms with E-state index in [2.05, 4.69) is 15.3 Å². The number of carbonyl (C=O) groups excluding carboxylic acids is 1. The van der Waals surface area contributed by atoms with Crippen molar-refractivity contribution in [1.82, 2.24) is 28.9 Å². The third-order valence-electron chi connectivity index (χ3n) is 5.73. The number of aryl methyl sites for hydroxylation is 1. The van der Waals surface area contributed by atoms with E-state index in [-0.39, 0.29) is 12.2 Å². The summed E-state index contributed by atoms with van der Waals surface area (Å²) in [6.45, 7) is -0.122. The van der Waals surface area contributed by atoms with Gasteiger partial charge < -0.3 is 4.74 Å². The van der Waals surface area contributed by atoms with Crippen molar-refractivity contribution < 1.29 is 9.53 Å². The van der Waals surface area contributed by atoms with Crippen LogP contribution in [0.15, 0.2) is 83.1 Å². The molecule has 0 spiro atoms. The highest BCUT2D eigenvalue weighted by atomic mass is 32.1. The van der Waals surface area contributed by atoms with Gasteiger partial charge in [-0.2, -0.15) is 5.10 Å². The highest BCUT2D eigenvalue weighted by Crippen LogP contribution is 2.28. The maximum absolute atomic E-state index is 13.2. The van der Waals surface area contributed by atoms with Gasteiger partial charge in [-0.1, -0.05) is 36.4 Å². The summed E-state index contributed by atoms with van der Waals surface area (Å²) in [5.74, 6) is 0.255. The van der Waals surface area contributed by atoms with E-state index in [0.717, 1.165) is 10.6 Å². The predicted molar refractivity (Wildman–Crippen MR) is 132 cm³/mol. The quantitative estimate of drug-likeness (QED) is 0.346. The van der Waals surface area contributed by atoms with Crippen LogP contribution in [0.4, 0.5) is 0 Å². The largest absolute Gasteiger partial charge is 0.454 e. The Hall–Kier alpha value is -4.57. The van der Waals surface area contributed by atoms with E-state index in [1.807, 2.05) is 60.0 Å². The van der Waals surface area contributed by atoms with Crippen LogP contribution in [-0.4, -0.2) is 34.9 Å². The summed E-state index contributed by atoms with van der Waals surface area (Å²) in [6, 6.07) is 20.6. The van der Waals surface area contributed by atoms with E-state index in [1.165, 1.54) is 15.9 Å². The molecule has 0 fully saturated rings. The Morgan fingerprint density at radius 2 is 1.80 bits per heavy atom. The first-order valence-corrected chi connectivity index (χ1v) is 11.7. The topological polar surface area (TPSA) is 96.3 Å². The van der Waals surface area contributed by atoms with Gasteiger partial charge in [0.25, 0.3) is 5.56 Å². The van der Waals surface area contributed by atoms with Gasteiger partial charge >= 0.3 is 5.97 Å². The number of rotatable bonds is 5. The molecular formula is C25H18N6O3S. The molecule has 0 aliphatic rings. The van der Waals surface area contributed by atoms with Crippen LogP contribution in [0.5, 0.6) is 0 Å². The number of benzene rings is 2. The molecule has 0 aliphatic carbocycles.